The standard InChI is InChI=1S/C13H13N3.H2O4S/c1-16-12-5-3-2-4-10(12)15-11-8-9(14)6-7-13(11)16;1-5(2,3)4/h2-8,15H,14H2,1H3;(H2,1,2,3,4). The van der Waals surface area contributed by atoms with E-state index in [1.807, 2.05) is 30.3 Å². The van der Waals surface area contributed by atoms with E-state index in [0.717, 1.165) is 22.7 Å². The molecule has 2 aromatic rings. The van der Waals surface area contributed by atoms with Gasteiger partial charge in [0.05, 0.1) is 22.7 Å². The lowest BCUT2D eigenvalue weighted by molar-refractivity contribution is 0.381. The second-order valence-corrected chi connectivity index (χ2v) is 5.32. The number of nitrogens with one attached hydrogen (secondary N) is 1. The summed E-state index contributed by atoms with van der Waals surface area (Å²) in [7, 11) is -2.60. The average molecular weight is 309 g/mol. The molecule has 0 radical (unpaired) electrons. The predicted molar refractivity (Wildman–Crippen MR) is 82.8 cm³/mol. The Kier molecular flexibility index (Phi) is 4.03. The molecule has 0 aliphatic carbocycles. The van der Waals surface area contributed by atoms with Crippen molar-refractivity contribution in [2.24, 2.45) is 0 Å². The highest BCUT2D eigenvalue weighted by Crippen LogP contribution is 2.42. The Morgan fingerprint density at radius 1 is 1.05 bits per heavy atom. The normalized spacial score (nSPS) is 12.4. The summed E-state index contributed by atoms with van der Waals surface area (Å²) >= 11 is 0. The first kappa shape index (κ1) is 15.1. The summed E-state index contributed by atoms with van der Waals surface area (Å²) in [6.07, 6.45) is 0. The zero-order valence-corrected chi connectivity index (χ0v) is 12.0. The zero-order chi connectivity index (χ0) is 15.6. The van der Waals surface area contributed by atoms with Crippen LogP contribution in [-0.2, 0) is 10.4 Å². The Hall–Kier alpha value is -2.29. The largest absolute Gasteiger partial charge is 0.399 e. The molecular formula is C13H15N3O4S. The maximum absolute atomic E-state index is 8.74. The van der Waals surface area contributed by atoms with E-state index in [1.165, 1.54) is 5.69 Å². The van der Waals surface area contributed by atoms with E-state index in [-0.39, 0.29) is 0 Å². The van der Waals surface area contributed by atoms with Gasteiger partial charge in [-0.05, 0) is 30.3 Å². The molecule has 0 atom stereocenters. The molecule has 0 amide bonds. The molecule has 5 N–H and O–H groups in total. The van der Waals surface area contributed by atoms with Crippen LogP contribution >= 0.6 is 0 Å². The maximum atomic E-state index is 8.74. The van der Waals surface area contributed by atoms with Crippen molar-refractivity contribution in [3.8, 4) is 0 Å². The van der Waals surface area contributed by atoms with Crippen molar-refractivity contribution >= 4 is 38.8 Å². The monoisotopic (exact) mass is 309 g/mol. The fourth-order valence-corrected chi connectivity index (χ4v) is 2.09. The average Bonchev–Trinajstić information content (AvgIpc) is 2.36. The summed E-state index contributed by atoms with van der Waals surface area (Å²) in [5.74, 6) is 0. The Morgan fingerprint density at radius 2 is 1.62 bits per heavy atom. The summed E-state index contributed by atoms with van der Waals surface area (Å²) in [6, 6.07) is 14.1. The summed E-state index contributed by atoms with van der Waals surface area (Å²) in [5.41, 5.74) is 11.1. The number of fused-ring (bicyclic) bond motifs is 2. The lowest BCUT2D eigenvalue weighted by Crippen LogP contribution is -2.17. The predicted octanol–water partition coefficient (Wildman–Crippen LogP) is 2.44. The van der Waals surface area contributed by atoms with Crippen LogP contribution in [0.4, 0.5) is 28.4 Å². The van der Waals surface area contributed by atoms with Crippen molar-refractivity contribution in [3.63, 3.8) is 0 Å². The molecule has 3 rings (SSSR count). The fraction of sp³-hybridized carbons (Fsp3) is 0.0769. The van der Waals surface area contributed by atoms with Crippen LogP contribution in [0.25, 0.3) is 0 Å². The topological polar surface area (TPSA) is 116 Å². The lowest BCUT2D eigenvalue weighted by Gasteiger charge is -2.30. The third-order valence-electron chi connectivity index (χ3n) is 2.92. The summed E-state index contributed by atoms with van der Waals surface area (Å²) in [4.78, 5) is 2.17. The number of nitrogens with zero attached hydrogens (tertiary/aromatic N) is 1. The molecule has 0 fully saturated rings. The van der Waals surface area contributed by atoms with E-state index in [0.29, 0.717) is 0 Å². The second-order valence-electron chi connectivity index (χ2n) is 4.43. The zero-order valence-electron chi connectivity index (χ0n) is 11.2. The van der Waals surface area contributed by atoms with E-state index in [4.69, 9.17) is 23.3 Å². The molecule has 2 aromatic carbocycles. The van der Waals surface area contributed by atoms with Gasteiger partial charge in [0, 0.05) is 12.7 Å². The minimum atomic E-state index is -4.67. The minimum Gasteiger partial charge on any atom is -0.399 e. The van der Waals surface area contributed by atoms with Crippen LogP contribution in [0.2, 0.25) is 0 Å². The number of hydrogen-bond donors (Lipinski definition) is 4. The van der Waals surface area contributed by atoms with Crippen LogP contribution in [0.1, 0.15) is 0 Å². The molecule has 0 spiro atoms. The Morgan fingerprint density at radius 3 is 2.29 bits per heavy atom. The van der Waals surface area contributed by atoms with Crippen molar-refractivity contribution in [2.75, 3.05) is 23.0 Å². The minimum absolute atomic E-state index is 0.777. The van der Waals surface area contributed by atoms with Gasteiger partial charge in [0.25, 0.3) is 0 Å². The van der Waals surface area contributed by atoms with Gasteiger partial charge in [-0.2, -0.15) is 8.42 Å². The van der Waals surface area contributed by atoms with Gasteiger partial charge < -0.3 is 16.0 Å². The van der Waals surface area contributed by atoms with Crippen LogP contribution in [0.3, 0.4) is 0 Å². The maximum Gasteiger partial charge on any atom is 0.394 e. The fourth-order valence-electron chi connectivity index (χ4n) is 2.09. The van der Waals surface area contributed by atoms with Crippen LogP contribution in [0, 0.1) is 0 Å². The SMILES string of the molecule is CN1c2ccccc2Nc2cc(N)ccc21.O=S(=O)(O)O. The van der Waals surface area contributed by atoms with Crippen LogP contribution in [0.15, 0.2) is 42.5 Å². The first-order valence-corrected chi connectivity index (χ1v) is 7.34. The molecular weight excluding hydrogens is 294 g/mol. The molecule has 8 heteroatoms. The van der Waals surface area contributed by atoms with E-state index in [1.54, 1.807) is 0 Å². The van der Waals surface area contributed by atoms with Gasteiger partial charge in [0.15, 0.2) is 0 Å². The Balaban J connectivity index is 0.000000282. The molecule has 0 bridgehead atoms. The highest BCUT2D eigenvalue weighted by Gasteiger charge is 2.18. The molecule has 1 aliphatic rings. The number of nitrogen functional groups attached to an aromatic ring is 1. The van der Waals surface area contributed by atoms with Crippen LogP contribution in [-0.4, -0.2) is 24.6 Å². The third-order valence-corrected chi connectivity index (χ3v) is 2.92. The van der Waals surface area contributed by atoms with Gasteiger partial charge in [-0.15, -0.1) is 0 Å². The van der Waals surface area contributed by atoms with Crippen LogP contribution in [0.5, 0.6) is 0 Å². The molecule has 1 aliphatic heterocycles. The molecule has 0 saturated heterocycles. The summed E-state index contributed by atoms with van der Waals surface area (Å²) in [6.45, 7) is 0. The molecule has 0 aromatic heterocycles. The Bertz CT molecular complexity index is 754. The number of nitrogens with two attached hydrogens (primary N) is 1. The molecule has 21 heavy (non-hydrogen) atoms. The van der Waals surface area contributed by atoms with E-state index in [9.17, 15) is 0 Å². The van der Waals surface area contributed by atoms with Crippen molar-refractivity contribution < 1.29 is 17.5 Å². The number of benzene rings is 2. The molecule has 0 saturated carbocycles. The Labute approximate surface area is 122 Å². The number of para-hydroxylation sites is 2. The van der Waals surface area contributed by atoms with Gasteiger partial charge >= 0.3 is 10.4 Å². The number of hydrogen-bond acceptors (Lipinski definition) is 5. The van der Waals surface area contributed by atoms with E-state index < -0.39 is 10.4 Å². The molecule has 112 valence electrons. The smallest absolute Gasteiger partial charge is 0.394 e. The molecule has 0 unspecified atom stereocenters. The van der Waals surface area contributed by atoms with Gasteiger partial charge in [-0.25, -0.2) is 0 Å². The third kappa shape index (κ3) is 3.85. The quantitative estimate of drug-likeness (QED) is 0.436. The molecule has 7 nitrogen and oxygen atoms in total. The van der Waals surface area contributed by atoms with Crippen molar-refractivity contribution in [1.29, 1.82) is 0 Å². The summed E-state index contributed by atoms with van der Waals surface area (Å²) < 4.78 is 31.6. The van der Waals surface area contributed by atoms with Crippen LogP contribution < -0.4 is 16.0 Å². The highest BCUT2D eigenvalue weighted by molar-refractivity contribution is 7.79. The van der Waals surface area contributed by atoms with Gasteiger partial charge in [0.2, 0.25) is 0 Å². The second kappa shape index (κ2) is 5.60. The molecule has 1 heterocycles. The van der Waals surface area contributed by atoms with Crippen molar-refractivity contribution in [3.05, 3.63) is 42.5 Å². The van der Waals surface area contributed by atoms with Gasteiger partial charge in [0.1, 0.15) is 0 Å². The van der Waals surface area contributed by atoms with E-state index >= 15 is 0 Å². The first-order valence-electron chi connectivity index (χ1n) is 5.95. The van der Waals surface area contributed by atoms with Crippen molar-refractivity contribution in [2.45, 2.75) is 0 Å². The summed E-state index contributed by atoms with van der Waals surface area (Å²) in [5, 5.41) is 3.39. The number of anilines is 5. The number of rotatable bonds is 0. The van der Waals surface area contributed by atoms with E-state index in [2.05, 4.69) is 29.4 Å². The lowest BCUT2D eigenvalue weighted by atomic mass is 10.1. The van der Waals surface area contributed by atoms with Gasteiger partial charge in [-0.3, -0.25) is 9.11 Å². The van der Waals surface area contributed by atoms with Crippen molar-refractivity contribution in [1.82, 2.24) is 0 Å². The highest BCUT2D eigenvalue weighted by atomic mass is 32.3. The van der Waals surface area contributed by atoms with Gasteiger partial charge in [-0.1, -0.05) is 12.1 Å². The first-order chi connectivity index (χ1) is 9.75.